The second-order valence-corrected chi connectivity index (χ2v) is 4.53. The van der Waals surface area contributed by atoms with E-state index in [1.54, 1.807) is 14.0 Å². The number of nitrogens with zero attached hydrogens (tertiary/aromatic N) is 1. The van der Waals surface area contributed by atoms with Crippen LogP contribution in [0.4, 0.5) is 0 Å². The molecule has 2 unspecified atom stereocenters. The standard InChI is InChI=1S/C12H22N2O4/c1-3-18-12(16)10(13)11(15)14(2)7-9-5-4-6-17-8-9/h9-10H,3-8,13H2,1-2H3. The number of amides is 1. The molecule has 6 nitrogen and oxygen atoms in total. The molecule has 0 aromatic carbocycles. The number of hydrogen-bond acceptors (Lipinski definition) is 5. The monoisotopic (exact) mass is 258 g/mol. The maximum absolute atomic E-state index is 11.9. The van der Waals surface area contributed by atoms with Crippen LogP contribution in [0.2, 0.25) is 0 Å². The van der Waals surface area contributed by atoms with Crippen molar-refractivity contribution in [2.75, 3.05) is 33.4 Å². The topological polar surface area (TPSA) is 81.9 Å². The maximum atomic E-state index is 11.9. The Morgan fingerprint density at radius 2 is 2.28 bits per heavy atom. The summed E-state index contributed by atoms with van der Waals surface area (Å²) in [6.45, 7) is 3.91. The summed E-state index contributed by atoms with van der Waals surface area (Å²) in [7, 11) is 1.65. The first-order valence-electron chi connectivity index (χ1n) is 6.31. The minimum Gasteiger partial charge on any atom is -0.464 e. The largest absolute Gasteiger partial charge is 0.464 e. The molecular weight excluding hydrogens is 236 g/mol. The van der Waals surface area contributed by atoms with E-state index in [1.165, 1.54) is 4.90 Å². The van der Waals surface area contributed by atoms with E-state index in [1.807, 2.05) is 0 Å². The SMILES string of the molecule is CCOC(=O)C(N)C(=O)N(C)CC1CCCOC1. The van der Waals surface area contributed by atoms with E-state index in [2.05, 4.69) is 0 Å². The van der Waals surface area contributed by atoms with E-state index in [0.717, 1.165) is 19.4 Å². The van der Waals surface area contributed by atoms with Gasteiger partial charge in [-0.25, -0.2) is 4.79 Å². The molecule has 0 bridgehead atoms. The Morgan fingerprint density at radius 3 is 2.83 bits per heavy atom. The predicted octanol–water partition coefficient (Wildman–Crippen LogP) is -0.238. The second-order valence-electron chi connectivity index (χ2n) is 4.53. The molecule has 1 aliphatic rings. The van der Waals surface area contributed by atoms with Crippen LogP contribution in [0.15, 0.2) is 0 Å². The van der Waals surface area contributed by atoms with Gasteiger partial charge in [0, 0.05) is 20.2 Å². The highest BCUT2D eigenvalue weighted by Crippen LogP contribution is 2.14. The van der Waals surface area contributed by atoms with E-state index in [4.69, 9.17) is 15.2 Å². The lowest BCUT2D eigenvalue weighted by Gasteiger charge is -2.28. The molecule has 0 aromatic rings. The lowest BCUT2D eigenvalue weighted by Crippen LogP contribution is -2.49. The van der Waals surface area contributed by atoms with Crippen LogP contribution in [-0.2, 0) is 19.1 Å². The summed E-state index contributed by atoms with van der Waals surface area (Å²) in [4.78, 5) is 24.7. The number of nitrogens with two attached hydrogens (primary N) is 1. The summed E-state index contributed by atoms with van der Waals surface area (Å²) in [5.74, 6) is -0.754. The summed E-state index contributed by atoms with van der Waals surface area (Å²) >= 11 is 0. The van der Waals surface area contributed by atoms with Crippen LogP contribution in [-0.4, -0.2) is 56.2 Å². The van der Waals surface area contributed by atoms with Crippen molar-refractivity contribution in [3.05, 3.63) is 0 Å². The van der Waals surface area contributed by atoms with Gasteiger partial charge in [0.15, 0.2) is 6.04 Å². The van der Waals surface area contributed by atoms with Gasteiger partial charge in [0.1, 0.15) is 0 Å². The number of carbonyl (C=O) groups is 2. The van der Waals surface area contributed by atoms with Gasteiger partial charge in [0.05, 0.1) is 13.2 Å². The van der Waals surface area contributed by atoms with Crippen molar-refractivity contribution in [1.29, 1.82) is 0 Å². The van der Waals surface area contributed by atoms with Crippen molar-refractivity contribution < 1.29 is 19.1 Å². The molecule has 18 heavy (non-hydrogen) atoms. The lowest BCUT2D eigenvalue weighted by molar-refractivity contribution is -0.150. The van der Waals surface area contributed by atoms with Crippen LogP contribution in [0.1, 0.15) is 19.8 Å². The molecule has 6 heteroatoms. The zero-order valence-corrected chi connectivity index (χ0v) is 11.1. The molecule has 1 amide bonds. The molecule has 2 atom stereocenters. The molecule has 0 aromatic heterocycles. The quantitative estimate of drug-likeness (QED) is 0.544. The Hall–Kier alpha value is -1.14. The number of ether oxygens (including phenoxy) is 2. The first kappa shape index (κ1) is 14.9. The molecular formula is C12H22N2O4. The molecule has 0 saturated carbocycles. The number of esters is 1. The van der Waals surface area contributed by atoms with Crippen LogP contribution in [0.5, 0.6) is 0 Å². The van der Waals surface area contributed by atoms with Crippen LogP contribution >= 0.6 is 0 Å². The number of likely N-dealkylation sites (N-methyl/N-ethyl adjacent to an activating group) is 1. The fourth-order valence-corrected chi connectivity index (χ4v) is 2.00. The number of rotatable bonds is 5. The molecule has 0 spiro atoms. The number of hydrogen-bond donors (Lipinski definition) is 1. The summed E-state index contributed by atoms with van der Waals surface area (Å²) < 4.78 is 10.1. The summed E-state index contributed by atoms with van der Waals surface area (Å²) in [5.41, 5.74) is 5.56. The fourth-order valence-electron chi connectivity index (χ4n) is 2.00. The average Bonchev–Trinajstić information content (AvgIpc) is 2.38. The predicted molar refractivity (Wildman–Crippen MR) is 65.8 cm³/mol. The van der Waals surface area contributed by atoms with Crippen molar-refractivity contribution >= 4 is 11.9 Å². The van der Waals surface area contributed by atoms with Gasteiger partial charge in [-0.15, -0.1) is 0 Å². The van der Waals surface area contributed by atoms with Gasteiger partial charge >= 0.3 is 5.97 Å². The molecule has 1 aliphatic heterocycles. The zero-order chi connectivity index (χ0) is 13.5. The van der Waals surface area contributed by atoms with E-state index < -0.39 is 17.9 Å². The smallest absolute Gasteiger partial charge is 0.332 e. The molecule has 1 rings (SSSR count). The summed E-state index contributed by atoms with van der Waals surface area (Å²) in [6.07, 6.45) is 2.04. The van der Waals surface area contributed by atoms with Crippen molar-refractivity contribution in [1.82, 2.24) is 4.90 Å². The molecule has 1 fully saturated rings. The van der Waals surface area contributed by atoms with Crippen molar-refractivity contribution in [2.45, 2.75) is 25.8 Å². The van der Waals surface area contributed by atoms with Crippen LogP contribution in [0, 0.1) is 5.92 Å². The first-order valence-corrected chi connectivity index (χ1v) is 6.31. The minimum atomic E-state index is -1.22. The third-order valence-corrected chi connectivity index (χ3v) is 2.97. The Balaban J connectivity index is 2.41. The van der Waals surface area contributed by atoms with Crippen LogP contribution in [0.25, 0.3) is 0 Å². The van der Waals surface area contributed by atoms with E-state index in [0.29, 0.717) is 19.1 Å². The molecule has 1 saturated heterocycles. The third-order valence-electron chi connectivity index (χ3n) is 2.97. The van der Waals surface area contributed by atoms with Gasteiger partial charge in [0.25, 0.3) is 5.91 Å². The van der Waals surface area contributed by atoms with Crippen LogP contribution < -0.4 is 5.73 Å². The summed E-state index contributed by atoms with van der Waals surface area (Å²) in [5, 5.41) is 0. The van der Waals surface area contributed by atoms with Gasteiger partial charge in [-0.3, -0.25) is 4.79 Å². The van der Waals surface area contributed by atoms with Gasteiger partial charge in [-0.1, -0.05) is 0 Å². The van der Waals surface area contributed by atoms with Gasteiger partial charge in [-0.2, -0.15) is 0 Å². The van der Waals surface area contributed by atoms with Gasteiger partial charge < -0.3 is 20.1 Å². The van der Waals surface area contributed by atoms with Crippen LogP contribution in [0.3, 0.4) is 0 Å². The molecule has 2 N–H and O–H groups in total. The third kappa shape index (κ3) is 4.27. The Bertz CT molecular complexity index is 290. The van der Waals surface area contributed by atoms with E-state index in [-0.39, 0.29) is 6.61 Å². The summed E-state index contributed by atoms with van der Waals surface area (Å²) in [6, 6.07) is -1.22. The average molecular weight is 258 g/mol. The van der Waals surface area contributed by atoms with Crippen molar-refractivity contribution in [3.63, 3.8) is 0 Å². The minimum absolute atomic E-state index is 0.222. The van der Waals surface area contributed by atoms with Gasteiger partial charge in [0.2, 0.25) is 0 Å². The Labute approximate surface area is 107 Å². The highest BCUT2D eigenvalue weighted by molar-refractivity contribution is 6.01. The van der Waals surface area contributed by atoms with E-state index >= 15 is 0 Å². The fraction of sp³-hybridized carbons (Fsp3) is 0.833. The zero-order valence-electron chi connectivity index (χ0n) is 11.1. The molecule has 1 heterocycles. The normalized spacial score (nSPS) is 21.2. The lowest BCUT2D eigenvalue weighted by atomic mass is 10.0. The molecule has 104 valence electrons. The highest BCUT2D eigenvalue weighted by Gasteiger charge is 2.28. The van der Waals surface area contributed by atoms with Crippen molar-refractivity contribution in [3.8, 4) is 0 Å². The maximum Gasteiger partial charge on any atom is 0.332 e. The second kappa shape index (κ2) is 7.33. The first-order chi connectivity index (χ1) is 8.56. The number of carbonyl (C=O) groups excluding carboxylic acids is 2. The molecule has 0 radical (unpaired) electrons. The van der Waals surface area contributed by atoms with Crippen molar-refractivity contribution in [2.24, 2.45) is 11.7 Å². The van der Waals surface area contributed by atoms with E-state index in [9.17, 15) is 9.59 Å². The van der Waals surface area contributed by atoms with Gasteiger partial charge in [-0.05, 0) is 25.7 Å². The Kier molecular flexibility index (Phi) is 6.07. The Morgan fingerprint density at radius 1 is 1.56 bits per heavy atom. The molecule has 0 aliphatic carbocycles. The highest BCUT2D eigenvalue weighted by atomic mass is 16.5.